The Hall–Kier alpha value is -1.53. The zero-order chi connectivity index (χ0) is 16.8. The van der Waals surface area contributed by atoms with Gasteiger partial charge in [-0.15, -0.1) is 11.8 Å². The number of halogens is 1. The Morgan fingerprint density at radius 1 is 1.43 bits per heavy atom. The highest BCUT2D eigenvalue weighted by Gasteiger charge is 2.64. The van der Waals surface area contributed by atoms with Crippen molar-refractivity contribution in [2.24, 2.45) is 4.99 Å². The number of amides is 1. The summed E-state index contributed by atoms with van der Waals surface area (Å²) in [4.78, 5) is 30.4. The summed E-state index contributed by atoms with van der Waals surface area (Å²) in [6, 6.07) is 6.27. The van der Waals surface area contributed by atoms with Gasteiger partial charge in [-0.25, -0.2) is 4.79 Å². The average molecular weight is 353 g/mol. The largest absolute Gasteiger partial charge is 0.467 e. The number of carbonyl (C=O) groups excluding carboxylic acids is 2. The quantitative estimate of drug-likeness (QED) is 0.476. The van der Waals surface area contributed by atoms with Crippen LogP contribution >= 0.6 is 23.4 Å². The van der Waals surface area contributed by atoms with E-state index >= 15 is 0 Å². The minimum absolute atomic E-state index is 0.139. The molecule has 0 N–H and O–H groups in total. The highest BCUT2D eigenvalue weighted by Crippen LogP contribution is 2.51. The zero-order valence-corrected chi connectivity index (χ0v) is 14.6. The fourth-order valence-electron chi connectivity index (χ4n) is 2.96. The van der Waals surface area contributed by atoms with Gasteiger partial charge in [0.1, 0.15) is 11.4 Å². The van der Waals surface area contributed by atoms with Crippen LogP contribution in [0, 0.1) is 0 Å². The maximum atomic E-state index is 12.4. The second-order valence-electron chi connectivity index (χ2n) is 6.03. The van der Waals surface area contributed by atoms with Crippen molar-refractivity contribution < 1.29 is 14.3 Å². The maximum absolute atomic E-state index is 12.4. The number of thioether (sulfide) groups is 1. The van der Waals surface area contributed by atoms with Crippen molar-refractivity contribution in [1.82, 2.24) is 4.90 Å². The van der Waals surface area contributed by atoms with Gasteiger partial charge in [0.15, 0.2) is 6.04 Å². The highest BCUT2D eigenvalue weighted by atomic mass is 35.5. The Labute approximate surface area is 144 Å². The van der Waals surface area contributed by atoms with E-state index < -0.39 is 16.8 Å². The molecular formula is C16H17ClN2O3S. The number of esters is 1. The van der Waals surface area contributed by atoms with Crippen LogP contribution in [-0.4, -0.2) is 52.3 Å². The lowest BCUT2D eigenvalue weighted by Crippen LogP contribution is -2.65. The van der Waals surface area contributed by atoms with E-state index in [4.69, 9.17) is 16.3 Å². The number of β-lactam (4-membered cyclic amide) rings is 1. The van der Waals surface area contributed by atoms with Crippen LogP contribution in [0.4, 0.5) is 0 Å². The molecule has 1 unspecified atom stereocenters. The summed E-state index contributed by atoms with van der Waals surface area (Å²) >= 11 is 7.67. The number of benzene rings is 1. The van der Waals surface area contributed by atoms with Gasteiger partial charge in [-0.05, 0) is 19.9 Å². The first-order chi connectivity index (χ1) is 10.9. The van der Waals surface area contributed by atoms with E-state index in [1.54, 1.807) is 28.9 Å². The van der Waals surface area contributed by atoms with Crippen molar-refractivity contribution in [2.75, 3.05) is 7.11 Å². The summed E-state index contributed by atoms with van der Waals surface area (Å²) in [6.07, 6.45) is 1.63. The third-order valence-electron chi connectivity index (χ3n) is 4.12. The minimum atomic E-state index is -0.568. The molecule has 2 aliphatic heterocycles. The summed E-state index contributed by atoms with van der Waals surface area (Å²) < 4.78 is 4.45. The number of ether oxygens (including phenoxy) is 1. The summed E-state index contributed by atoms with van der Waals surface area (Å²) in [6.45, 7) is 3.89. The number of hydrogen-bond acceptors (Lipinski definition) is 5. The number of fused-ring (bicyclic) bond motifs is 1. The fourth-order valence-corrected chi connectivity index (χ4v) is 4.76. The first kappa shape index (κ1) is 16.3. The molecule has 3 atom stereocenters. The molecule has 3 rings (SSSR count). The third kappa shape index (κ3) is 2.64. The van der Waals surface area contributed by atoms with E-state index in [-0.39, 0.29) is 17.3 Å². The molecular weight excluding hydrogens is 336 g/mol. The van der Waals surface area contributed by atoms with Crippen LogP contribution in [0.15, 0.2) is 29.3 Å². The maximum Gasteiger partial charge on any atom is 0.330 e. The van der Waals surface area contributed by atoms with E-state index in [0.717, 1.165) is 5.56 Å². The van der Waals surface area contributed by atoms with Crippen LogP contribution in [-0.2, 0) is 14.3 Å². The van der Waals surface area contributed by atoms with Crippen molar-refractivity contribution >= 4 is 41.5 Å². The van der Waals surface area contributed by atoms with Gasteiger partial charge in [0, 0.05) is 21.5 Å². The van der Waals surface area contributed by atoms with Crippen molar-refractivity contribution in [3.8, 4) is 0 Å². The highest BCUT2D eigenvalue weighted by molar-refractivity contribution is 8.01. The normalized spacial score (nSPS) is 28.6. The number of nitrogens with zero attached hydrogens (tertiary/aromatic N) is 2. The Kier molecular flexibility index (Phi) is 4.14. The molecule has 122 valence electrons. The van der Waals surface area contributed by atoms with E-state index in [2.05, 4.69) is 4.99 Å². The van der Waals surface area contributed by atoms with E-state index in [1.165, 1.54) is 7.11 Å². The Bertz CT molecular complexity index is 692. The number of rotatable bonds is 3. The van der Waals surface area contributed by atoms with Crippen LogP contribution in [0.1, 0.15) is 19.4 Å². The molecule has 2 fully saturated rings. The number of methoxy groups -OCH3 is 1. The molecule has 0 spiro atoms. The molecule has 2 aliphatic rings. The molecule has 0 bridgehead atoms. The molecule has 1 aromatic carbocycles. The van der Waals surface area contributed by atoms with Crippen LogP contribution in [0.3, 0.4) is 0 Å². The van der Waals surface area contributed by atoms with Crippen molar-refractivity contribution in [3.05, 3.63) is 34.9 Å². The lowest BCUT2D eigenvalue weighted by Gasteiger charge is -2.41. The summed E-state index contributed by atoms with van der Waals surface area (Å²) in [5, 5.41) is 0.451. The SMILES string of the molecule is COC(=O)[C@@H]1N2C(=O)C(N=Cc3ccccc3Cl)[C@H]2SC1(C)C. The van der Waals surface area contributed by atoms with Crippen LogP contribution < -0.4 is 0 Å². The van der Waals surface area contributed by atoms with Gasteiger partial charge in [-0.1, -0.05) is 29.8 Å². The summed E-state index contributed by atoms with van der Waals surface area (Å²) in [5.41, 5.74) is 0.771. The summed E-state index contributed by atoms with van der Waals surface area (Å²) in [5.74, 6) is -0.529. The lowest BCUT2D eigenvalue weighted by molar-refractivity contribution is -0.160. The molecule has 0 aromatic heterocycles. The molecule has 23 heavy (non-hydrogen) atoms. The van der Waals surface area contributed by atoms with Crippen molar-refractivity contribution in [3.63, 3.8) is 0 Å². The van der Waals surface area contributed by atoms with Gasteiger partial charge in [0.2, 0.25) is 0 Å². The molecule has 0 aliphatic carbocycles. The molecule has 1 aromatic rings. The van der Waals surface area contributed by atoms with Gasteiger partial charge in [-0.3, -0.25) is 9.79 Å². The van der Waals surface area contributed by atoms with Crippen LogP contribution in [0.5, 0.6) is 0 Å². The van der Waals surface area contributed by atoms with Gasteiger partial charge in [0.05, 0.1) is 7.11 Å². The third-order valence-corrected chi connectivity index (χ3v) is 6.02. The van der Waals surface area contributed by atoms with E-state index in [0.29, 0.717) is 5.02 Å². The number of aliphatic imine (C=N–C) groups is 1. The summed E-state index contributed by atoms with van der Waals surface area (Å²) in [7, 11) is 1.34. The van der Waals surface area contributed by atoms with Crippen LogP contribution in [0.2, 0.25) is 5.02 Å². The van der Waals surface area contributed by atoms with Gasteiger partial charge in [-0.2, -0.15) is 0 Å². The number of carbonyl (C=O) groups is 2. The van der Waals surface area contributed by atoms with Crippen molar-refractivity contribution in [1.29, 1.82) is 0 Å². The Balaban J connectivity index is 1.80. The minimum Gasteiger partial charge on any atom is -0.467 e. The van der Waals surface area contributed by atoms with Gasteiger partial charge < -0.3 is 9.64 Å². The molecule has 7 heteroatoms. The predicted molar refractivity (Wildman–Crippen MR) is 90.9 cm³/mol. The predicted octanol–water partition coefficient (Wildman–Crippen LogP) is 2.36. The van der Waals surface area contributed by atoms with Gasteiger partial charge >= 0.3 is 5.97 Å². The average Bonchev–Trinajstić information content (AvgIpc) is 2.76. The fraction of sp³-hybridized carbons (Fsp3) is 0.438. The Morgan fingerprint density at radius 2 is 2.13 bits per heavy atom. The smallest absolute Gasteiger partial charge is 0.330 e. The number of hydrogen-bond donors (Lipinski definition) is 0. The van der Waals surface area contributed by atoms with Gasteiger partial charge in [0.25, 0.3) is 5.91 Å². The molecule has 5 nitrogen and oxygen atoms in total. The van der Waals surface area contributed by atoms with E-state index in [1.807, 2.05) is 32.0 Å². The standard InChI is InChI=1S/C16H17ClN2O3S/c1-16(2)12(15(21)22-3)19-13(20)11(14(19)23-16)18-8-9-6-4-5-7-10(9)17/h4-8,11-12,14H,1-3H3/t11?,12-,14+/m0/s1. The molecule has 0 radical (unpaired) electrons. The molecule has 2 heterocycles. The van der Waals surface area contributed by atoms with Crippen LogP contribution in [0.25, 0.3) is 0 Å². The second-order valence-corrected chi connectivity index (χ2v) is 8.21. The molecule has 2 saturated heterocycles. The van der Waals surface area contributed by atoms with Crippen molar-refractivity contribution in [2.45, 2.75) is 36.1 Å². The van der Waals surface area contributed by atoms with E-state index in [9.17, 15) is 9.59 Å². The lowest BCUT2D eigenvalue weighted by atomic mass is 9.96. The second kappa shape index (κ2) is 5.83. The molecule has 1 amide bonds. The topological polar surface area (TPSA) is 59.0 Å². The first-order valence-corrected chi connectivity index (χ1v) is 8.48. The zero-order valence-electron chi connectivity index (χ0n) is 13.0. The Morgan fingerprint density at radius 3 is 2.78 bits per heavy atom. The monoisotopic (exact) mass is 352 g/mol. The first-order valence-electron chi connectivity index (χ1n) is 7.22. The molecule has 0 saturated carbocycles.